The second-order valence-corrected chi connectivity index (χ2v) is 12.1. The average Bonchev–Trinajstić information content (AvgIpc) is 2.82. The molecule has 0 amide bonds. The number of nitrogens with zero attached hydrogens (tertiary/aromatic N) is 3. The highest BCUT2D eigenvalue weighted by atomic mass is 32.2. The monoisotopic (exact) mass is 503 g/mol. The van der Waals surface area contributed by atoms with Crippen LogP contribution in [0.5, 0.6) is 0 Å². The van der Waals surface area contributed by atoms with Crippen molar-refractivity contribution in [1.82, 2.24) is 19.7 Å². The molecule has 1 aliphatic carbocycles. The molecule has 194 valence electrons. The second kappa shape index (κ2) is 11.6. The summed E-state index contributed by atoms with van der Waals surface area (Å²) in [7, 11) is -3.53. The lowest BCUT2D eigenvalue weighted by atomic mass is 9.78. The first-order valence-electron chi connectivity index (χ1n) is 12.6. The summed E-state index contributed by atoms with van der Waals surface area (Å²) in [4.78, 5) is 13.8. The van der Waals surface area contributed by atoms with Gasteiger partial charge in [-0.2, -0.15) is 15.0 Å². The average molecular weight is 504 g/mol. The molecule has 35 heavy (non-hydrogen) atoms. The third-order valence-electron chi connectivity index (χ3n) is 6.61. The van der Waals surface area contributed by atoms with Crippen LogP contribution >= 0.6 is 0 Å². The Hall–Kier alpha value is -2.30. The van der Waals surface area contributed by atoms with Gasteiger partial charge in [0.15, 0.2) is 5.82 Å². The number of sulfonamides is 1. The topological polar surface area (TPSA) is 135 Å². The highest BCUT2D eigenvalue weighted by Crippen LogP contribution is 2.35. The maximum atomic E-state index is 12.8. The normalized spacial score (nSPS) is 19.8. The fraction of sp³-hybridized carbons (Fsp3) is 0.640. The summed E-state index contributed by atoms with van der Waals surface area (Å²) in [6, 6.07) is 6.89. The smallest absolute Gasteiger partial charge is 0.240 e. The van der Waals surface area contributed by atoms with Crippen molar-refractivity contribution in [2.45, 2.75) is 76.7 Å². The molecule has 0 saturated heterocycles. The number of aromatic nitrogens is 3. The van der Waals surface area contributed by atoms with Crippen molar-refractivity contribution in [2.24, 2.45) is 17.6 Å². The van der Waals surface area contributed by atoms with E-state index in [0.29, 0.717) is 42.3 Å². The number of nitrogens with one attached hydrogen (secondary N) is 3. The van der Waals surface area contributed by atoms with Crippen LogP contribution in [0.25, 0.3) is 0 Å². The van der Waals surface area contributed by atoms with E-state index in [-0.39, 0.29) is 23.3 Å². The molecule has 1 fully saturated rings. The predicted molar refractivity (Wildman–Crippen MR) is 141 cm³/mol. The van der Waals surface area contributed by atoms with Gasteiger partial charge in [-0.3, -0.25) is 0 Å². The number of hydrogen-bond acceptors (Lipinski definition) is 8. The standard InChI is InChI=1S/C25H41N7O2S/c1-6-27-23-30-22(31-24(32-23)28-7-2)21(26)18-10-8-17(9-11-18)16-29-35(33,34)20-14-12-19(13-15-20)25(3,4)5/h12-15,17-18,21,29H,6-11,16,26H2,1-5H3,(H2,27,28,30,31,32). The molecular weight excluding hydrogens is 462 g/mol. The molecular formula is C25H41N7O2S. The van der Waals surface area contributed by atoms with E-state index in [2.05, 4.69) is 51.1 Å². The number of nitrogens with two attached hydrogens (primary N) is 1. The van der Waals surface area contributed by atoms with Crippen LogP contribution in [-0.4, -0.2) is 43.0 Å². The summed E-state index contributed by atoms with van der Waals surface area (Å²) in [6.45, 7) is 12.2. The van der Waals surface area contributed by atoms with Crippen LogP contribution < -0.4 is 21.1 Å². The van der Waals surface area contributed by atoms with Gasteiger partial charge < -0.3 is 16.4 Å². The molecule has 1 saturated carbocycles. The van der Waals surface area contributed by atoms with Gasteiger partial charge in [-0.25, -0.2) is 13.1 Å². The van der Waals surface area contributed by atoms with Crippen molar-refractivity contribution >= 4 is 21.9 Å². The molecule has 0 spiro atoms. The van der Waals surface area contributed by atoms with Gasteiger partial charge in [0.05, 0.1) is 10.9 Å². The first-order valence-corrected chi connectivity index (χ1v) is 14.1. The van der Waals surface area contributed by atoms with Crippen molar-refractivity contribution in [2.75, 3.05) is 30.3 Å². The fourth-order valence-corrected chi connectivity index (χ4v) is 5.54. The molecule has 0 bridgehead atoms. The maximum Gasteiger partial charge on any atom is 0.240 e. The lowest BCUT2D eigenvalue weighted by Crippen LogP contribution is -2.34. The summed E-state index contributed by atoms with van der Waals surface area (Å²) in [6.07, 6.45) is 3.64. The van der Waals surface area contributed by atoms with E-state index in [0.717, 1.165) is 31.2 Å². The predicted octanol–water partition coefficient (Wildman–Crippen LogP) is 3.82. The highest BCUT2D eigenvalue weighted by molar-refractivity contribution is 7.89. The Kier molecular flexibility index (Phi) is 9.06. The maximum absolute atomic E-state index is 12.8. The first kappa shape index (κ1) is 27.3. The molecule has 1 aromatic heterocycles. The zero-order chi connectivity index (χ0) is 25.6. The van der Waals surface area contributed by atoms with Gasteiger partial charge >= 0.3 is 0 Å². The summed E-state index contributed by atoms with van der Waals surface area (Å²) < 4.78 is 28.4. The van der Waals surface area contributed by atoms with Gasteiger partial charge in [0.2, 0.25) is 21.9 Å². The van der Waals surface area contributed by atoms with E-state index in [9.17, 15) is 8.42 Å². The SMILES string of the molecule is CCNc1nc(NCC)nc(C(N)C2CCC(CNS(=O)(=O)c3ccc(C(C)(C)C)cc3)CC2)n1. The van der Waals surface area contributed by atoms with Gasteiger partial charge in [0.1, 0.15) is 0 Å². The molecule has 1 heterocycles. The second-order valence-electron chi connectivity index (χ2n) is 10.3. The summed E-state index contributed by atoms with van der Waals surface area (Å²) in [5.41, 5.74) is 7.68. The Morgan fingerprint density at radius 1 is 0.943 bits per heavy atom. The molecule has 3 rings (SSSR count). The number of anilines is 2. The van der Waals surface area contributed by atoms with Crippen molar-refractivity contribution in [3.63, 3.8) is 0 Å². The van der Waals surface area contributed by atoms with Gasteiger partial charge in [-0.05, 0) is 74.5 Å². The molecule has 5 N–H and O–H groups in total. The minimum Gasteiger partial charge on any atom is -0.354 e. The van der Waals surface area contributed by atoms with Gasteiger partial charge in [-0.1, -0.05) is 32.9 Å². The summed E-state index contributed by atoms with van der Waals surface area (Å²) >= 11 is 0. The Morgan fingerprint density at radius 3 is 1.97 bits per heavy atom. The minimum absolute atomic E-state index is 0.0152. The molecule has 1 unspecified atom stereocenters. The molecule has 0 radical (unpaired) electrons. The molecule has 0 aliphatic heterocycles. The van der Waals surface area contributed by atoms with Crippen molar-refractivity contribution in [3.05, 3.63) is 35.7 Å². The molecule has 1 aromatic carbocycles. The van der Waals surface area contributed by atoms with E-state index < -0.39 is 10.0 Å². The Bertz CT molecular complexity index is 1040. The van der Waals surface area contributed by atoms with Gasteiger partial charge in [0.25, 0.3) is 0 Å². The van der Waals surface area contributed by atoms with Crippen LogP contribution in [0.4, 0.5) is 11.9 Å². The van der Waals surface area contributed by atoms with Gasteiger partial charge in [0, 0.05) is 19.6 Å². The zero-order valence-corrected chi connectivity index (χ0v) is 22.5. The quantitative estimate of drug-likeness (QED) is 0.384. The van der Waals surface area contributed by atoms with E-state index in [1.54, 1.807) is 12.1 Å². The molecule has 1 aliphatic rings. The summed E-state index contributed by atoms with van der Waals surface area (Å²) in [5.74, 6) is 2.19. The van der Waals surface area contributed by atoms with E-state index >= 15 is 0 Å². The lowest BCUT2D eigenvalue weighted by molar-refractivity contribution is 0.240. The van der Waals surface area contributed by atoms with Crippen LogP contribution in [0.1, 0.15) is 77.7 Å². The Morgan fingerprint density at radius 2 is 1.49 bits per heavy atom. The van der Waals surface area contributed by atoms with Crippen LogP contribution in [0.15, 0.2) is 29.2 Å². The third kappa shape index (κ3) is 7.35. The molecule has 10 heteroatoms. The molecule has 1 atom stereocenters. The fourth-order valence-electron chi connectivity index (χ4n) is 4.42. The van der Waals surface area contributed by atoms with Gasteiger partial charge in [-0.15, -0.1) is 0 Å². The van der Waals surface area contributed by atoms with Crippen LogP contribution in [-0.2, 0) is 15.4 Å². The summed E-state index contributed by atoms with van der Waals surface area (Å²) in [5, 5.41) is 6.29. The largest absolute Gasteiger partial charge is 0.354 e. The number of benzene rings is 1. The number of rotatable bonds is 10. The van der Waals surface area contributed by atoms with Crippen molar-refractivity contribution < 1.29 is 8.42 Å². The molecule has 9 nitrogen and oxygen atoms in total. The van der Waals surface area contributed by atoms with E-state index in [1.165, 1.54) is 0 Å². The van der Waals surface area contributed by atoms with Crippen LogP contribution in [0.2, 0.25) is 0 Å². The van der Waals surface area contributed by atoms with E-state index in [4.69, 9.17) is 5.73 Å². The highest BCUT2D eigenvalue weighted by Gasteiger charge is 2.29. The zero-order valence-electron chi connectivity index (χ0n) is 21.6. The Labute approximate surface area is 210 Å². The van der Waals surface area contributed by atoms with Crippen molar-refractivity contribution in [1.29, 1.82) is 0 Å². The first-order chi connectivity index (χ1) is 16.5. The van der Waals surface area contributed by atoms with E-state index in [1.807, 2.05) is 26.0 Å². The third-order valence-corrected chi connectivity index (χ3v) is 8.05. The van der Waals surface area contributed by atoms with Crippen molar-refractivity contribution in [3.8, 4) is 0 Å². The number of hydrogen-bond donors (Lipinski definition) is 4. The minimum atomic E-state index is -3.53. The van der Waals surface area contributed by atoms with Crippen LogP contribution in [0.3, 0.4) is 0 Å². The lowest BCUT2D eigenvalue weighted by Gasteiger charge is -2.31. The molecule has 2 aromatic rings. The Balaban J connectivity index is 1.56. The van der Waals surface area contributed by atoms with Crippen LogP contribution in [0, 0.1) is 11.8 Å².